The minimum absolute atomic E-state index is 0.000376. The van der Waals surface area contributed by atoms with Gasteiger partial charge in [-0.25, -0.2) is 4.98 Å². The van der Waals surface area contributed by atoms with Crippen LogP contribution in [0.3, 0.4) is 0 Å². The van der Waals surface area contributed by atoms with E-state index in [-0.39, 0.29) is 13.0 Å². The van der Waals surface area contributed by atoms with Gasteiger partial charge in [0.25, 0.3) is 0 Å². The number of carbonyl (C=O) groups is 1. The van der Waals surface area contributed by atoms with Crippen LogP contribution in [0.4, 0.5) is 0 Å². The molecule has 3 aromatic rings. The topological polar surface area (TPSA) is 59.4 Å². The van der Waals surface area contributed by atoms with Crippen LogP contribution in [0, 0.1) is 0 Å². The van der Waals surface area contributed by atoms with Crippen LogP contribution >= 0.6 is 11.3 Å². The van der Waals surface area contributed by atoms with Gasteiger partial charge in [-0.05, 0) is 36.4 Å². The Hall–Kier alpha value is -2.40. The van der Waals surface area contributed by atoms with Crippen LogP contribution in [0.25, 0.3) is 20.8 Å². The molecule has 0 aliphatic carbocycles. The lowest BCUT2D eigenvalue weighted by Gasteiger charge is -2.04. The number of fused-ring (bicyclic) bond motifs is 1. The van der Waals surface area contributed by atoms with Crippen molar-refractivity contribution >= 4 is 27.5 Å². The maximum atomic E-state index is 10.4. The quantitative estimate of drug-likeness (QED) is 0.778. The fraction of sp³-hybridized carbons (Fsp3) is 0.125. The third-order valence-corrected chi connectivity index (χ3v) is 4.07. The summed E-state index contributed by atoms with van der Waals surface area (Å²) in [5.74, 6) is -0.192. The van der Waals surface area contributed by atoms with Gasteiger partial charge >= 0.3 is 5.97 Å². The van der Waals surface area contributed by atoms with Crippen molar-refractivity contribution in [2.75, 3.05) is 6.61 Å². The molecule has 0 saturated heterocycles. The zero-order chi connectivity index (χ0) is 14.7. The summed E-state index contributed by atoms with van der Waals surface area (Å²) in [6.07, 6.45) is -0.000376. The van der Waals surface area contributed by atoms with Crippen LogP contribution in [0.15, 0.2) is 48.5 Å². The van der Waals surface area contributed by atoms with Crippen molar-refractivity contribution in [2.45, 2.75) is 6.42 Å². The summed E-state index contributed by atoms with van der Waals surface area (Å²) in [5, 5.41) is 9.53. The van der Waals surface area contributed by atoms with E-state index in [4.69, 9.17) is 9.84 Å². The molecule has 0 aliphatic heterocycles. The maximum absolute atomic E-state index is 10.4. The van der Waals surface area contributed by atoms with Gasteiger partial charge in [0.1, 0.15) is 10.8 Å². The van der Waals surface area contributed by atoms with Crippen molar-refractivity contribution in [2.24, 2.45) is 0 Å². The lowest BCUT2D eigenvalue weighted by Crippen LogP contribution is -2.04. The van der Waals surface area contributed by atoms with E-state index in [1.807, 2.05) is 42.5 Å². The zero-order valence-corrected chi connectivity index (χ0v) is 12.0. The molecule has 0 unspecified atom stereocenters. The van der Waals surface area contributed by atoms with Gasteiger partial charge in [0.05, 0.1) is 23.2 Å². The molecular formula is C16H13NO3S. The molecule has 0 atom stereocenters. The van der Waals surface area contributed by atoms with E-state index in [1.165, 1.54) is 0 Å². The summed E-state index contributed by atoms with van der Waals surface area (Å²) in [5.41, 5.74) is 2.03. The molecule has 5 heteroatoms. The highest BCUT2D eigenvalue weighted by molar-refractivity contribution is 7.21. The first-order valence-corrected chi connectivity index (χ1v) is 7.34. The van der Waals surface area contributed by atoms with Crippen molar-refractivity contribution < 1.29 is 14.6 Å². The van der Waals surface area contributed by atoms with Crippen LogP contribution in [0.5, 0.6) is 5.75 Å². The lowest BCUT2D eigenvalue weighted by atomic mass is 10.2. The Morgan fingerprint density at radius 1 is 1.14 bits per heavy atom. The van der Waals surface area contributed by atoms with Crippen LogP contribution in [-0.4, -0.2) is 22.7 Å². The predicted octanol–water partition coefficient (Wildman–Crippen LogP) is 3.82. The second kappa shape index (κ2) is 5.93. The first kappa shape index (κ1) is 13.6. The summed E-state index contributed by atoms with van der Waals surface area (Å²) in [7, 11) is 0. The number of thiazole rings is 1. The van der Waals surface area contributed by atoms with Crippen molar-refractivity contribution in [3.8, 4) is 16.3 Å². The van der Waals surface area contributed by atoms with Gasteiger partial charge in [0, 0.05) is 5.56 Å². The highest BCUT2D eigenvalue weighted by atomic mass is 32.1. The first-order chi connectivity index (χ1) is 10.2. The Bertz CT molecular complexity index is 732. The lowest BCUT2D eigenvalue weighted by molar-refractivity contribution is -0.137. The second-order valence-electron chi connectivity index (χ2n) is 4.50. The van der Waals surface area contributed by atoms with Gasteiger partial charge in [-0.3, -0.25) is 4.79 Å². The fourth-order valence-corrected chi connectivity index (χ4v) is 2.92. The molecule has 0 saturated carbocycles. The number of benzene rings is 2. The number of hydrogen-bond acceptors (Lipinski definition) is 4. The van der Waals surface area contributed by atoms with Gasteiger partial charge in [0.2, 0.25) is 0 Å². The number of aliphatic carboxylic acids is 1. The molecule has 4 nitrogen and oxygen atoms in total. The Balaban J connectivity index is 1.75. The van der Waals surface area contributed by atoms with Gasteiger partial charge in [0.15, 0.2) is 0 Å². The highest BCUT2D eigenvalue weighted by Gasteiger charge is 2.06. The number of hydrogen-bond donors (Lipinski definition) is 1. The number of carboxylic acid groups (broad SMARTS) is 1. The zero-order valence-electron chi connectivity index (χ0n) is 11.2. The van der Waals surface area contributed by atoms with Crippen LogP contribution in [-0.2, 0) is 4.79 Å². The Morgan fingerprint density at radius 2 is 1.90 bits per heavy atom. The van der Waals surface area contributed by atoms with Crippen LogP contribution in [0.1, 0.15) is 6.42 Å². The second-order valence-corrected chi connectivity index (χ2v) is 5.53. The third-order valence-electron chi connectivity index (χ3n) is 2.98. The molecule has 0 aliphatic rings. The Morgan fingerprint density at radius 3 is 2.62 bits per heavy atom. The summed E-state index contributed by atoms with van der Waals surface area (Å²) in [6, 6.07) is 15.6. The molecule has 0 spiro atoms. The maximum Gasteiger partial charge on any atom is 0.306 e. The molecule has 106 valence electrons. The van der Waals surface area contributed by atoms with Gasteiger partial charge in [-0.15, -0.1) is 11.3 Å². The third kappa shape index (κ3) is 3.20. The average molecular weight is 299 g/mol. The largest absolute Gasteiger partial charge is 0.493 e. The number of para-hydroxylation sites is 1. The van der Waals surface area contributed by atoms with E-state index in [0.29, 0.717) is 5.75 Å². The minimum Gasteiger partial charge on any atom is -0.493 e. The molecule has 2 aromatic carbocycles. The van der Waals surface area contributed by atoms with Crippen molar-refractivity contribution in [3.05, 3.63) is 48.5 Å². The van der Waals surface area contributed by atoms with Crippen LogP contribution in [0.2, 0.25) is 0 Å². The Labute approximate surface area is 125 Å². The predicted molar refractivity (Wildman–Crippen MR) is 82.8 cm³/mol. The van der Waals surface area contributed by atoms with Gasteiger partial charge in [-0.1, -0.05) is 12.1 Å². The number of carboxylic acids is 1. The molecule has 1 heterocycles. The molecule has 1 N–H and O–H groups in total. The monoisotopic (exact) mass is 299 g/mol. The summed E-state index contributed by atoms with van der Waals surface area (Å²) >= 11 is 1.65. The molecule has 0 fully saturated rings. The molecular weight excluding hydrogens is 286 g/mol. The molecule has 3 rings (SSSR count). The van der Waals surface area contributed by atoms with E-state index in [2.05, 4.69) is 11.1 Å². The summed E-state index contributed by atoms with van der Waals surface area (Å²) in [4.78, 5) is 15.0. The molecule has 0 bridgehead atoms. The number of rotatable bonds is 5. The molecule has 0 radical (unpaired) electrons. The van der Waals surface area contributed by atoms with Gasteiger partial charge in [-0.2, -0.15) is 0 Å². The normalized spacial score (nSPS) is 10.7. The van der Waals surface area contributed by atoms with E-state index in [1.54, 1.807) is 11.3 Å². The fourth-order valence-electron chi connectivity index (χ4n) is 1.95. The summed E-state index contributed by atoms with van der Waals surface area (Å²) < 4.78 is 6.53. The highest BCUT2D eigenvalue weighted by Crippen LogP contribution is 2.30. The summed E-state index contributed by atoms with van der Waals surface area (Å²) in [6.45, 7) is 0.176. The number of nitrogens with zero attached hydrogens (tertiary/aromatic N) is 1. The van der Waals surface area contributed by atoms with Crippen molar-refractivity contribution in [1.82, 2.24) is 4.98 Å². The number of ether oxygens (including phenoxy) is 1. The smallest absolute Gasteiger partial charge is 0.306 e. The standard InChI is InChI=1S/C16H13NO3S/c18-15(19)9-10-20-12-7-5-11(6-8-12)16-17-13-3-1-2-4-14(13)21-16/h1-8H,9-10H2,(H,18,19). The minimum atomic E-state index is -0.860. The van der Waals surface area contributed by atoms with E-state index in [9.17, 15) is 4.79 Å². The van der Waals surface area contributed by atoms with E-state index >= 15 is 0 Å². The van der Waals surface area contributed by atoms with Crippen LogP contribution < -0.4 is 4.74 Å². The molecule has 1 aromatic heterocycles. The average Bonchev–Trinajstić information content (AvgIpc) is 2.91. The molecule has 0 amide bonds. The van der Waals surface area contributed by atoms with E-state index < -0.39 is 5.97 Å². The molecule has 21 heavy (non-hydrogen) atoms. The Kier molecular flexibility index (Phi) is 3.83. The number of aromatic nitrogens is 1. The van der Waals surface area contributed by atoms with Crippen molar-refractivity contribution in [3.63, 3.8) is 0 Å². The van der Waals surface area contributed by atoms with Gasteiger partial charge < -0.3 is 9.84 Å². The van der Waals surface area contributed by atoms with Crippen molar-refractivity contribution in [1.29, 1.82) is 0 Å². The SMILES string of the molecule is O=C(O)CCOc1ccc(-c2nc3ccccc3s2)cc1. The van der Waals surface area contributed by atoms with E-state index in [0.717, 1.165) is 20.8 Å². The first-order valence-electron chi connectivity index (χ1n) is 6.53.